The molecule has 5 nitrogen and oxygen atoms in total. The van der Waals surface area contributed by atoms with E-state index in [0.717, 1.165) is 16.6 Å². The Kier molecular flexibility index (Phi) is 7.81. The first-order valence-corrected chi connectivity index (χ1v) is 6.82. The van der Waals surface area contributed by atoms with Gasteiger partial charge in [-0.1, -0.05) is 0 Å². The third-order valence-corrected chi connectivity index (χ3v) is 3.07. The fourth-order valence-corrected chi connectivity index (χ4v) is 2.27. The maximum Gasteiger partial charge on any atom is 0.174 e. The summed E-state index contributed by atoms with van der Waals surface area (Å²) in [5, 5.41) is 11.8. The van der Waals surface area contributed by atoms with Crippen LogP contribution in [-0.4, -0.2) is 45.7 Å². The van der Waals surface area contributed by atoms with Crippen molar-refractivity contribution in [2.75, 3.05) is 40.6 Å². The molecule has 1 aromatic carbocycles. The van der Waals surface area contributed by atoms with Crippen LogP contribution in [0.1, 0.15) is 5.56 Å². The average Bonchev–Trinajstić information content (AvgIpc) is 2.42. The molecule has 1 rings (SSSR count). The minimum Gasteiger partial charge on any atom is -0.493 e. The second-order valence-corrected chi connectivity index (χ2v) is 4.68. The molecule has 0 atom stereocenters. The van der Waals surface area contributed by atoms with Gasteiger partial charge in [0.05, 0.1) is 38.5 Å². The van der Waals surface area contributed by atoms with E-state index in [1.807, 2.05) is 12.1 Å². The molecule has 0 aliphatic rings. The van der Waals surface area contributed by atoms with Crippen molar-refractivity contribution in [2.45, 2.75) is 6.54 Å². The van der Waals surface area contributed by atoms with E-state index in [2.05, 4.69) is 21.2 Å². The van der Waals surface area contributed by atoms with Gasteiger partial charge < -0.3 is 24.6 Å². The lowest BCUT2D eigenvalue weighted by atomic mass is 10.2. The summed E-state index contributed by atoms with van der Waals surface area (Å²) in [4.78, 5) is 0. The molecule has 0 aliphatic carbocycles. The minimum atomic E-state index is 0.0582. The second-order valence-electron chi connectivity index (χ2n) is 3.83. The van der Waals surface area contributed by atoms with Crippen molar-refractivity contribution in [3.63, 3.8) is 0 Å². The van der Waals surface area contributed by atoms with E-state index in [0.29, 0.717) is 31.3 Å². The zero-order valence-corrected chi connectivity index (χ0v) is 12.8. The van der Waals surface area contributed by atoms with Crippen LogP contribution in [0.4, 0.5) is 0 Å². The molecule has 0 fully saturated rings. The number of aliphatic hydroxyl groups excluding tert-OH is 1. The minimum absolute atomic E-state index is 0.0582. The normalized spacial score (nSPS) is 10.5. The summed E-state index contributed by atoms with van der Waals surface area (Å²) in [6, 6.07) is 3.92. The number of methoxy groups -OCH3 is 2. The molecule has 0 radical (unpaired) electrons. The van der Waals surface area contributed by atoms with Crippen molar-refractivity contribution >= 4 is 15.9 Å². The van der Waals surface area contributed by atoms with Gasteiger partial charge >= 0.3 is 0 Å². The Morgan fingerprint density at radius 3 is 2.63 bits per heavy atom. The Labute approximate surface area is 122 Å². The molecule has 19 heavy (non-hydrogen) atoms. The molecule has 0 heterocycles. The van der Waals surface area contributed by atoms with Gasteiger partial charge in [-0.3, -0.25) is 0 Å². The molecule has 0 amide bonds. The van der Waals surface area contributed by atoms with Gasteiger partial charge in [-0.25, -0.2) is 0 Å². The first-order valence-electron chi connectivity index (χ1n) is 6.02. The van der Waals surface area contributed by atoms with Gasteiger partial charge in [-0.15, -0.1) is 0 Å². The van der Waals surface area contributed by atoms with Crippen LogP contribution in [0.5, 0.6) is 11.5 Å². The fourth-order valence-electron chi connectivity index (χ4n) is 1.62. The topological polar surface area (TPSA) is 60.0 Å². The van der Waals surface area contributed by atoms with E-state index in [-0.39, 0.29) is 6.61 Å². The third-order valence-electron chi connectivity index (χ3n) is 2.48. The number of benzene rings is 1. The smallest absolute Gasteiger partial charge is 0.174 e. The molecule has 2 N–H and O–H groups in total. The molecule has 0 bridgehead atoms. The summed E-state index contributed by atoms with van der Waals surface area (Å²) in [5.74, 6) is 1.39. The molecule has 0 unspecified atom stereocenters. The van der Waals surface area contributed by atoms with Crippen LogP contribution < -0.4 is 14.8 Å². The molecule has 0 aromatic heterocycles. The first kappa shape index (κ1) is 16.2. The SMILES string of the molecule is COc1cc(CNCCOCCO)cc(Br)c1OC. The van der Waals surface area contributed by atoms with Gasteiger partial charge in [-0.2, -0.15) is 0 Å². The number of nitrogens with one attached hydrogen (secondary N) is 1. The highest BCUT2D eigenvalue weighted by molar-refractivity contribution is 9.10. The molecule has 0 aliphatic heterocycles. The quantitative estimate of drug-likeness (QED) is 0.672. The number of hydrogen-bond donors (Lipinski definition) is 2. The van der Waals surface area contributed by atoms with Gasteiger partial charge in [0.25, 0.3) is 0 Å². The Morgan fingerprint density at radius 1 is 1.21 bits per heavy atom. The Morgan fingerprint density at radius 2 is 2.00 bits per heavy atom. The summed E-state index contributed by atoms with van der Waals surface area (Å²) in [5.41, 5.74) is 1.09. The van der Waals surface area contributed by atoms with Crippen LogP contribution in [0, 0.1) is 0 Å². The van der Waals surface area contributed by atoms with E-state index < -0.39 is 0 Å². The molecular formula is C13H20BrNO4. The largest absolute Gasteiger partial charge is 0.493 e. The summed E-state index contributed by atoms with van der Waals surface area (Å²) < 4.78 is 16.6. The predicted octanol–water partition coefficient (Wildman–Crippen LogP) is 1.56. The molecule has 1 aromatic rings. The van der Waals surface area contributed by atoms with E-state index >= 15 is 0 Å². The Bertz CT molecular complexity index is 387. The van der Waals surface area contributed by atoms with Gasteiger partial charge in [0, 0.05) is 13.1 Å². The van der Waals surface area contributed by atoms with Crippen molar-refractivity contribution in [1.29, 1.82) is 0 Å². The summed E-state index contributed by atoms with van der Waals surface area (Å²) >= 11 is 3.46. The Balaban J connectivity index is 2.48. The summed E-state index contributed by atoms with van der Waals surface area (Å²) in [6.07, 6.45) is 0. The maximum atomic E-state index is 8.56. The highest BCUT2D eigenvalue weighted by atomic mass is 79.9. The van der Waals surface area contributed by atoms with Crippen LogP contribution >= 0.6 is 15.9 Å². The second kappa shape index (κ2) is 9.14. The van der Waals surface area contributed by atoms with Gasteiger partial charge in [0.2, 0.25) is 0 Å². The van der Waals surface area contributed by atoms with Gasteiger partial charge in [-0.05, 0) is 33.6 Å². The van der Waals surface area contributed by atoms with Crippen molar-refractivity contribution in [2.24, 2.45) is 0 Å². The molecule has 108 valence electrons. The monoisotopic (exact) mass is 333 g/mol. The van der Waals surface area contributed by atoms with Crippen LogP contribution in [0.3, 0.4) is 0 Å². The average molecular weight is 334 g/mol. The van der Waals surface area contributed by atoms with Crippen molar-refractivity contribution in [3.05, 3.63) is 22.2 Å². The highest BCUT2D eigenvalue weighted by Crippen LogP contribution is 2.36. The van der Waals surface area contributed by atoms with Crippen molar-refractivity contribution in [3.8, 4) is 11.5 Å². The lowest BCUT2D eigenvalue weighted by molar-refractivity contribution is 0.0938. The van der Waals surface area contributed by atoms with Gasteiger partial charge in [0.1, 0.15) is 0 Å². The lowest BCUT2D eigenvalue weighted by Crippen LogP contribution is -2.20. The van der Waals surface area contributed by atoms with Crippen LogP contribution in [0.25, 0.3) is 0 Å². The summed E-state index contributed by atoms with van der Waals surface area (Å²) in [6.45, 7) is 2.45. The van der Waals surface area contributed by atoms with E-state index in [9.17, 15) is 0 Å². The molecule has 0 saturated carbocycles. The number of aliphatic hydroxyl groups is 1. The maximum absolute atomic E-state index is 8.56. The van der Waals surface area contributed by atoms with E-state index in [1.165, 1.54) is 0 Å². The van der Waals surface area contributed by atoms with Crippen LogP contribution in [0.15, 0.2) is 16.6 Å². The number of ether oxygens (including phenoxy) is 3. The van der Waals surface area contributed by atoms with Crippen molar-refractivity contribution in [1.82, 2.24) is 5.32 Å². The van der Waals surface area contributed by atoms with E-state index in [4.69, 9.17) is 19.3 Å². The zero-order valence-electron chi connectivity index (χ0n) is 11.2. The zero-order chi connectivity index (χ0) is 14.1. The number of hydrogen-bond acceptors (Lipinski definition) is 5. The summed E-state index contributed by atoms with van der Waals surface area (Å²) in [7, 11) is 3.23. The molecule has 6 heteroatoms. The Hall–Kier alpha value is -0.820. The van der Waals surface area contributed by atoms with E-state index in [1.54, 1.807) is 14.2 Å². The third kappa shape index (κ3) is 5.36. The van der Waals surface area contributed by atoms with Gasteiger partial charge in [0.15, 0.2) is 11.5 Å². The van der Waals surface area contributed by atoms with Crippen LogP contribution in [-0.2, 0) is 11.3 Å². The molecule has 0 saturated heterocycles. The first-order chi connectivity index (χ1) is 9.22. The van der Waals surface area contributed by atoms with Crippen molar-refractivity contribution < 1.29 is 19.3 Å². The lowest BCUT2D eigenvalue weighted by Gasteiger charge is -2.12. The van der Waals surface area contributed by atoms with Crippen LogP contribution in [0.2, 0.25) is 0 Å². The predicted molar refractivity (Wildman–Crippen MR) is 76.9 cm³/mol. The fraction of sp³-hybridized carbons (Fsp3) is 0.538. The highest BCUT2D eigenvalue weighted by Gasteiger charge is 2.10. The standard InChI is InChI=1S/C13H20BrNO4/c1-17-12-8-10(7-11(14)13(12)18-2)9-15-3-5-19-6-4-16/h7-8,15-16H,3-6,9H2,1-2H3. The number of rotatable bonds is 9. The number of halogens is 1. The molecular weight excluding hydrogens is 314 g/mol. The molecule has 0 spiro atoms.